The Balaban J connectivity index is 1.58. The second kappa shape index (κ2) is 6.16. The van der Waals surface area contributed by atoms with Crippen molar-refractivity contribution in [3.8, 4) is 11.4 Å². The second-order valence-corrected chi connectivity index (χ2v) is 6.52. The van der Waals surface area contributed by atoms with E-state index in [9.17, 15) is 4.79 Å². The lowest BCUT2D eigenvalue weighted by Crippen LogP contribution is -2.24. The lowest BCUT2D eigenvalue weighted by molar-refractivity contribution is -0.117. The molecule has 1 fully saturated rings. The number of amides is 1. The van der Waals surface area contributed by atoms with Crippen LogP contribution in [0, 0.1) is 13.8 Å². The lowest BCUT2D eigenvalue weighted by Gasteiger charge is -2.16. The molecule has 0 saturated carbocycles. The fourth-order valence-corrected chi connectivity index (χ4v) is 3.25. The van der Waals surface area contributed by atoms with Crippen molar-refractivity contribution in [2.75, 3.05) is 11.4 Å². The molecule has 1 amide bonds. The van der Waals surface area contributed by atoms with Crippen LogP contribution in [0.5, 0.6) is 0 Å². The first kappa shape index (κ1) is 15.6. The van der Waals surface area contributed by atoms with Crippen molar-refractivity contribution in [1.29, 1.82) is 0 Å². The smallest absolute Gasteiger partial charge is 0.232 e. The summed E-state index contributed by atoms with van der Waals surface area (Å²) >= 11 is 0. The van der Waals surface area contributed by atoms with E-state index >= 15 is 0 Å². The monoisotopic (exact) mass is 333 g/mol. The molecule has 1 atom stereocenters. The van der Waals surface area contributed by atoms with Gasteiger partial charge < -0.3 is 9.42 Å². The number of carbonyl (C=O) groups excluding carboxylic acids is 1. The van der Waals surface area contributed by atoms with E-state index in [2.05, 4.69) is 10.1 Å². The SMILES string of the molecule is Cc1cccc(N2CC(c3nc(-c4ccccc4C)no3)CC2=O)c1. The number of benzene rings is 2. The van der Waals surface area contributed by atoms with Gasteiger partial charge in [0, 0.05) is 24.2 Å². The van der Waals surface area contributed by atoms with Gasteiger partial charge in [-0.2, -0.15) is 4.98 Å². The number of nitrogens with zero attached hydrogens (tertiary/aromatic N) is 3. The summed E-state index contributed by atoms with van der Waals surface area (Å²) in [6, 6.07) is 15.9. The van der Waals surface area contributed by atoms with Gasteiger partial charge in [-0.25, -0.2) is 0 Å². The van der Waals surface area contributed by atoms with E-state index in [1.807, 2.05) is 62.4 Å². The third-order valence-electron chi connectivity index (χ3n) is 4.62. The molecule has 126 valence electrons. The van der Waals surface area contributed by atoms with E-state index in [-0.39, 0.29) is 11.8 Å². The van der Waals surface area contributed by atoms with E-state index in [1.54, 1.807) is 4.90 Å². The van der Waals surface area contributed by atoms with Gasteiger partial charge in [0.1, 0.15) is 0 Å². The maximum absolute atomic E-state index is 12.4. The van der Waals surface area contributed by atoms with Gasteiger partial charge in [0.2, 0.25) is 17.6 Å². The normalized spacial score (nSPS) is 17.3. The fraction of sp³-hybridized carbons (Fsp3) is 0.250. The van der Waals surface area contributed by atoms with E-state index < -0.39 is 0 Å². The molecule has 4 rings (SSSR count). The van der Waals surface area contributed by atoms with E-state index in [1.165, 1.54) is 0 Å². The molecule has 5 nitrogen and oxygen atoms in total. The second-order valence-electron chi connectivity index (χ2n) is 6.52. The number of rotatable bonds is 3. The molecule has 25 heavy (non-hydrogen) atoms. The van der Waals surface area contributed by atoms with Gasteiger partial charge in [0.25, 0.3) is 0 Å². The van der Waals surface area contributed by atoms with Gasteiger partial charge in [0.05, 0.1) is 5.92 Å². The first-order valence-corrected chi connectivity index (χ1v) is 8.38. The number of anilines is 1. The number of carbonyl (C=O) groups is 1. The van der Waals surface area contributed by atoms with Crippen molar-refractivity contribution in [3.05, 3.63) is 65.5 Å². The van der Waals surface area contributed by atoms with Crippen LogP contribution in [0.1, 0.15) is 29.4 Å². The highest BCUT2D eigenvalue weighted by Gasteiger charge is 2.35. The van der Waals surface area contributed by atoms with Crippen LogP contribution in [0.15, 0.2) is 53.1 Å². The maximum Gasteiger partial charge on any atom is 0.232 e. The van der Waals surface area contributed by atoms with Gasteiger partial charge >= 0.3 is 0 Å². The molecule has 1 unspecified atom stereocenters. The van der Waals surface area contributed by atoms with Crippen LogP contribution in [0.4, 0.5) is 5.69 Å². The van der Waals surface area contributed by atoms with Gasteiger partial charge in [-0.1, -0.05) is 41.6 Å². The Labute approximate surface area is 146 Å². The molecule has 3 aromatic rings. The van der Waals surface area contributed by atoms with Crippen LogP contribution in [-0.2, 0) is 4.79 Å². The van der Waals surface area contributed by atoms with Gasteiger partial charge in [-0.15, -0.1) is 0 Å². The fourth-order valence-electron chi connectivity index (χ4n) is 3.25. The van der Waals surface area contributed by atoms with Crippen molar-refractivity contribution in [3.63, 3.8) is 0 Å². The van der Waals surface area contributed by atoms with Crippen molar-refractivity contribution in [2.24, 2.45) is 0 Å². The zero-order valence-electron chi connectivity index (χ0n) is 14.3. The van der Waals surface area contributed by atoms with Crippen LogP contribution in [0.25, 0.3) is 11.4 Å². The molecule has 1 saturated heterocycles. The molecular formula is C20H19N3O2. The van der Waals surface area contributed by atoms with Gasteiger partial charge in [0.15, 0.2) is 0 Å². The molecule has 0 bridgehead atoms. The van der Waals surface area contributed by atoms with Gasteiger partial charge in [-0.3, -0.25) is 4.79 Å². The predicted octanol–water partition coefficient (Wildman–Crippen LogP) is 3.87. The minimum absolute atomic E-state index is 0.0710. The zero-order valence-corrected chi connectivity index (χ0v) is 14.3. The first-order chi connectivity index (χ1) is 12.1. The summed E-state index contributed by atoms with van der Waals surface area (Å²) < 4.78 is 5.47. The topological polar surface area (TPSA) is 59.2 Å². The van der Waals surface area contributed by atoms with Crippen molar-refractivity contribution in [2.45, 2.75) is 26.2 Å². The summed E-state index contributed by atoms with van der Waals surface area (Å²) in [6.07, 6.45) is 0.392. The minimum Gasteiger partial charge on any atom is -0.339 e. The minimum atomic E-state index is -0.0710. The summed E-state index contributed by atoms with van der Waals surface area (Å²) in [6.45, 7) is 4.61. The molecule has 2 aromatic carbocycles. The number of aromatic nitrogens is 2. The Morgan fingerprint density at radius 1 is 1.12 bits per heavy atom. The molecule has 5 heteroatoms. The average molecular weight is 333 g/mol. The quantitative estimate of drug-likeness (QED) is 0.730. The standard InChI is InChI=1S/C20H19N3O2/c1-13-6-5-8-16(10-13)23-12-15(11-18(23)24)20-21-19(22-25-20)17-9-4-3-7-14(17)2/h3-10,15H,11-12H2,1-2H3. The van der Waals surface area contributed by atoms with E-state index in [0.717, 1.165) is 22.4 Å². The molecule has 1 aliphatic heterocycles. The molecule has 1 aliphatic rings. The first-order valence-electron chi connectivity index (χ1n) is 8.38. The van der Waals surface area contributed by atoms with Crippen LogP contribution in [-0.4, -0.2) is 22.6 Å². The molecule has 1 aromatic heterocycles. The van der Waals surface area contributed by atoms with Crippen LogP contribution in [0.3, 0.4) is 0 Å². The molecule has 0 radical (unpaired) electrons. The lowest BCUT2D eigenvalue weighted by atomic mass is 10.1. The zero-order chi connectivity index (χ0) is 17.4. The highest BCUT2D eigenvalue weighted by molar-refractivity contribution is 5.96. The van der Waals surface area contributed by atoms with E-state index in [0.29, 0.717) is 24.7 Å². The van der Waals surface area contributed by atoms with Crippen molar-refractivity contribution in [1.82, 2.24) is 10.1 Å². The third kappa shape index (κ3) is 2.93. The molecular weight excluding hydrogens is 314 g/mol. The number of hydrogen-bond donors (Lipinski definition) is 0. The molecule has 2 heterocycles. The summed E-state index contributed by atoms with van der Waals surface area (Å²) in [5.74, 6) is 1.13. The summed E-state index contributed by atoms with van der Waals surface area (Å²) in [5, 5.41) is 4.11. The highest BCUT2D eigenvalue weighted by Crippen LogP contribution is 2.32. The third-order valence-corrected chi connectivity index (χ3v) is 4.62. The average Bonchev–Trinajstić information content (AvgIpc) is 3.22. The Morgan fingerprint density at radius 2 is 1.96 bits per heavy atom. The Kier molecular flexibility index (Phi) is 3.84. The van der Waals surface area contributed by atoms with E-state index in [4.69, 9.17) is 4.52 Å². The molecule has 0 spiro atoms. The van der Waals surface area contributed by atoms with Crippen LogP contribution >= 0.6 is 0 Å². The predicted molar refractivity (Wildman–Crippen MR) is 95.4 cm³/mol. The Bertz CT molecular complexity index is 932. The summed E-state index contributed by atoms with van der Waals surface area (Å²) in [4.78, 5) is 18.8. The molecule has 0 N–H and O–H groups in total. The maximum atomic E-state index is 12.4. The van der Waals surface area contributed by atoms with Gasteiger partial charge in [-0.05, 0) is 37.1 Å². The van der Waals surface area contributed by atoms with Crippen molar-refractivity contribution < 1.29 is 9.32 Å². The Morgan fingerprint density at radius 3 is 2.76 bits per heavy atom. The Hall–Kier alpha value is -2.95. The number of hydrogen-bond acceptors (Lipinski definition) is 4. The van der Waals surface area contributed by atoms with Crippen molar-refractivity contribution >= 4 is 11.6 Å². The number of aryl methyl sites for hydroxylation is 2. The highest BCUT2D eigenvalue weighted by atomic mass is 16.5. The largest absolute Gasteiger partial charge is 0.339 e. The summed E-state index contributed by atoms with van der Waals surface area (Å²) in [5.41, 5.74) is 4.11. The van der Waals surface area contributed by atoms with Crippen LogP contribution in [0.2, 0.25) is 0 Å². The molecule has 0 aliphatic carbocycles. The summed E-state index contributed by atoms with van der Waals surface area (Å²) in [7, 11) is 0. The van der Waals surface area contributed by atoms with Crippen LogP contribution < -0.4 is 4.90 Å².